The second kappa shape index (κ2) is 9.61. The number of carbonyl (C=O) groups is 1. The fourth-order valence-electron chi connectivity index (χ4n) is 1.91. The van der Waals surface area contributed by atoms with Gasteiger partial charge in [-0.2, -0.15) is 4.31 Å². The zero-order valence-corrected chi connectivity index (χ0v) is 14.6. The molecule has 0 unspecified atom stereocenters. The van der Waals surface area contributed by atoms with E-state index >= 15 is 0 Å². The van der Waals surface area contributed by atoms with Gasteiger partial charge in [-0.3, -0.25) is 4.79 Å². The Morgan fingerprint density at radius 2 is 1.57 bits per heavy atom. The first-order valence-electron chi connectivity index (χ1n) is 7.20. The first-order chi connectivity index (χ1) is 10.9. The monoisotopic (exact) mass is 344 g/mol. The summed E-state index contributed by atoms with van der Waals surface area (Å²) in [7, 11) is 0.802. The van der Waals surface area contributed by atoms with Crippen LogP contribution in [0, 0.1) is 0 Å². The summed E-state index contributed by atoms with van der Waals surface area (Å²) >= 11 is 0. The van der Waals surface area contributed by atoms with Crippen LogP contribution in [0.3, 0.4) is 0 Å². The van der Waals surface area contributed by atoms with Gasteiger partial charge in [0.05, 0.1) is 24.7 Å². The molecule has 0 aromatic heterocycles. The van der Waals surface area contributed by atoms with Gasteiger partial charge < -0.3 is 14.4 Å². The van der Waals surface area contributed by atoms with Crippen LogP contribution in [0.4, 0.5) is 0 Å². The molecular formula is C15H24N2O5S. The number of likely N-dealkylation sites (N-methyl/N-ethyl adjacent to an activating group) is 1. The van der Waals surface area contributed by atoms with Gasteiger partial charge in [0.2, 0.25) is 15.9 Å². The number of rotatable bonds is 10. The fourth-order valence-corrected chi connectivity index (χ4v) is 3.05. The van der Waals surface area contributed by atoms with E-state index in [-0.39, 0.29) is 17.3 Å². The lowest BCUT2D eigenvalue weighted by Crippen LogP contribution is -2.43. The van der Waals surface area contributed by atoms with Gasteiger partial charge in [-0.15, -0.1) is 0 Å². The molecule has 1 amide bonds. The second-order valence-electron chi connectivity index (χ2n) is 4.94. The Kier molecular flexibility index (Phi) is 8.18. The molecule has 23 heavy (non-hydrogen) atoms. The van der Waals surface area contributed by atoms with Gasteiger partial charge in [0.25, 0.3) is 0 Å². The Balaban J connectivity index is 2.76. The summed E-state index contributed by atoms with van der Waals surface area (Å²) in [4.78, 5) is 14.0. The standard InChI is InChI=1S/C15H24N2O5S/c1-16(23(19,20)14-7-5-4-6-8-14)13-15(18)17(9-11-21-2)10-12-22-3/h4-8H,9-13H2,1-3H3. The summed E-state index contributed by atoms with van der Waals surface area (Å²) in [5.74, 6) is -0.291. The SMILES string of the molecule is COCCN(CCOC)C(=O)CN(C)S(=O)(=O)c1ccccc1. The predicted molar refractivity (Wildman–Crippen MR) is 86.6 cm³/mol. The number of amides is 1. The first kappa shape index (κ1) is 19.6. The minimum Gasteiger partial charge on any atom is -0.383 e. The third kappa shape index (κ3) is 5.91. The Morgan fingerprint density at radius 3 is 2.04 bits per heavy atom. The molecule has 0 bridgehead atoms. The number of ether oxygens (including phenoxy) is 2. The molecule has 0 saturated heterocycles. The lowest BCUT2D eigenvalue weighted by atomic mass is 10.4. The fraction of sp³-hybridized carbons (Fsp3) is 0.533. The number of sulfonamides is 1. The average Bonchev–Trinajstić information content (AvgIpc) is 2.55. The van der Waals surface area contributed by atoms with Crippen LogP contribution in [0.5, 0.6) is 0 Å². The highest BCUT2D eigenvalue weighted by Crippen LogP contribution is 2.13. The van der Waals surface area contributed by atoms with Gasteiger partial charge in [0, 0.05) is 34.4 Å². The van der Waals surface area contributed by atoms with Gasteiger partial charge in [0.15, 0.2) is 0 Å². The number of methoxy groups -OCH3 is 2. The van der Waals surface area contributed by atoms with E-state index in [1.807, 2.05) is 0 Å². The topological polar surface area (TPSA) is 76.2 Å². The minimum absolute atomic E-state index is 0.163. The average molecular weight is 344 g/mol. The maximum Gasteiger partial charge on any atom is 0.243 e. The molecule has 7 nitrogen and oxygen atoms in total. The van der Waals surface area contributed by atoms with Crippen LogP contribution in [0.2, 0.25) is 0 Å². The molecule has 1 rings (SSSR count). The van der Waals surface area contributed by atoms with Crippen LogP contribution in [-0.2, 0) is 24.3 Å². The van der Waals surface area contributed by atoms with Crippen molar-refractivity contribution in [3.63, 3.8) is 0 Å². The van der Waals surface area contributed by atoms with Crippen molar-refractivity contribution in [1.29, 1.82) is 0 Å². The summed E-state index contributed by atoms with van der Waals surface area (Å²) in [6.45, 7) is 1.30. The maximum atomic E-state index is 12.4. The molecule has 0 fully saturated rings. The van der Waals surface area contributed by atoms with Crippen LogP contribution in [-0.4, -0.2) is 77.6 Å². The zero-order valence-electron chi connectivity index (χ0n) is 13.8. The van der Waals surface area contributed by atoms with Crippen LogP contribution >= 0.6 is 0 Å². The number of hydrogen-bond acceptors (Lipinski definition) is 5. The van der Waals surface area contributed by atoms with E-state index in [4.69, 9.17) is 9.47 Å². The molecule has 0 aliphatic heterocycles. The smallest absolute Gasteiger partial charge is 0.243 e. The largest absolute Gasteiger partial charge is 0.383 e. The normalized spacial score (nSPS) is 11.7. The third-order valence-electron chi connectivity index (χ3n) is 3.29. The van der Waals surface area contributed by atoms with Gasteiger partial charge in [0.1, 0.15) is 0 Å². The van der Waals surface area contributed by atoms with Crippen molar-refractivity contribution in [2.75, 3.05) is 54.1 Å². The van der Waals surface area contributed by atoms with Crippen LogP contribution in [0.15, 0.2) is 35.2 Å². The van der Waals surface area contributed by atoms with Crippen LogP contribution in [0.1, 0.15) is 0 Å². The molecule has 0 aliphatic carbocycles. The molecule has 1 aromatic carbocycles. The van der Waals surface area contributed by atoms with Gasteiger partial charge in [-0.05, 0) is 12.1 Å². The van der Waals surface area contributed by atoms with E-state index in [1.165, 1.54) is 24.1 Å². The molecule has 0 aliphatic rings. The summed E-state index contributed by atoms with van der Waals surface area (Å²) in [6, 6.07) is 8.04. The first-order valence-corrected chi connectivity index (χ1v) is 8.64. The van der Waals surface area contributed by atoms with Crippen molar-refractivity contribution in [2.24, 2.45) is 0 Å². The summed E-state index contributed by atoms with van der Waals surface area (Å²) in [5.41, 5.74) is 0. The third-order valence-corrected chi connectivity index (χ3v) is 5.11. The number of benzene rings is 1. The van der Waals surface area contributed by atoms with Crippen molar-refractivity contribution >= 4 is 15.9 Å². The molecule has 0 saturated carbocycles. The van der Waals surface area contributed by atoms with Crippen LogP contribution in [0.25, 0.3) is 0 Å². The maximum absolute atomic E-state index is 12.4. The molecule has 0 atom stereocenters. The highest BCUT2D eigenvalue weighted by molar-refractivity contribution is 7.89. The molecule has 1 aromatic rings. The Labute approximate surface area is 137 Å². The molecule has 8 heteroatoms. The quantitative estimate of drug-likeness (QED) is 0.615. The lowest BCUT2D eigenvalue weighted by molar-refractivity contribution is -0.132. The zero-order chi connectivity index (χ0) is 17.3. The molecule has 130 valence electrons. The van der Waals surface area contributed by atoms with E-state index in [1.54, 1.807) is 32.4 Å². The van der Waals surface area contributed by atoms with Crippen molar-refractivity contribution < 1.29 is 22.7 Å². The predicted octanol–water partition coefficient (Wildman–Crippen LogP) is 0.429. The molecule has 0 spiro atoms. The molecule has 0 N–H and O–H groups in total. The van der Waals surface area contributed by atoms with E-state index < -0.39 is 10.0 Å². The molecular weight excluding hydrogens is 320 g/mol. The van der Waals surface area contributed by atoms with Crippen molar-refractivity contribution in [3.05, 3.63) is 30.3 Å². The Hall–Kier alpha value is -1.48. The van der Waals surface area contributed by atoms with Crippen molar-refractivity contribution in [2.45, 2.75) is 4.90 Å². The summed E-state index contributed by atoms with van der Waals surface area (Å²) in [6.07, 6.45) is 0. The highest BCUT2D eigenvalue weighted by atomic mass is 32.2. The Morgan fingerprint density at radius 1 is 1.04 bits per heavy atom. The minimum atomic E-state index is -3.69. The highest BCUT2D eigenvalue weighted by Gasteiger charge is 2.24. The van der Waals surface area contributed by atoms with E-state index in [0.29, 0.717) is 26.3 Å². The van der Waals surface area contributed by atoms with Crippen LogP contribution < -0.4 is 0 Å². The van der Waals surface area contributed by atoms with E-state index in [0.717, 1.165) is 4.31 Å². The Bertz CT molecular complexity index is 569. The summed E-state index contributed by atoms with van der Waals surface area (Å²) < 4.78 is 35.9. The van der Waals surface area contributed by atoms with Gasteiger partial charge in [-0.1, -0.05) is 18.2 Å². The van der Waals surface area contributed by atoms with Gasteiger partial charge in [-0.25, -0.2) is 8.42 Å². The molecule has 0 heterocycles. The lowest BCUT2D eigenvalue weighted by Gasteiger charge is -2.25. The van der Waals surface area contributed by atoms with E-state index in [2.05, 4.69) is 0 Å². The van der Waals surface area contributed by atoms with Gasteiger partial charge >= 0.3 is 0 Å². The molecule has 0 radical (unpaired) electrons. The second-order valence-corrected chi connectivity index (χ2v) is 6.99. The number of hydrogen-bond donors (Lipinski definition) is 0. The van der Waals surface area contributed by atoms with Crippen molar-refractivity contribution in [3.8, 4) is 0 Å². The number of carbonyl (C=O) groups excluding carboxylic acids is 1. The summed E-state index contributed by atoms with van der Waals surface area (Å²) in [5, 5.41) is 0. The van der Waals surface area contributed by atoms with Crippen molar-refractivity contribution in [1.82, 2.24) is 9.21 Å². The number of nitrogens with zero attached hydrogens (tertiary/aromatic N) is 2. The van der Waals surface area contributed by atoms with E-state index in [9.17, 15) is 13.2 Å².